The maximum atomic E-state index is 12.5. The highest BCUT2D eigenvalue weighted by Gasteiger charge is 2.48. The lowest BCUT2D eigenvalue weighted by molar-refractivity contribution is 0.0905. The zero-order valence-electron chi connectivity index (χ0n) is 12.0. The van der Waals surface area contributed by atoms with Gasteiger partial charge >= 0.3 is 0 Å². The average molecular weight is 309 g/mol. The lowest BCUT2D eigenvalue weighted by Crippen LogP contribution is -2.36. The normalized spacial score (nSPS) is 30.0. The van der Waals surface area contributed by atoms with E-state index in [-0.39, 0.29) is 22.2 Å². The van der Waals surface area contributed by atoms with E-state index in [0.29, 0.717) is 43.7 Å². The van der Waals surface area contributed by atoms with Crippen LogP contribution in [0.1, 0.15) is 43.0 Å². The van der Waals surface area contributed by atoms with Gasteiger partial charge in [-0.2, -0.15) is 0 Å². The maximum Gasteiger partial charge on any atom is 0.213 e. The third-order valence-electron chi connectivity index (χ3n) is 4.52. The molecule has 5 nitrogen and oxygen atoms in total. The van der Waals surface area contributed by atoms with Gasteiger partial charge in [0.15, 0.2) is 15.6 Å². The largest absolute Gasteiger partial charge is 0.478 e. The van der Waals surface area contributed by atoms with Crippen molar-refractivity contribution in [3.05, 3.63) is 23.9 Å². The number of sulfone groups is 1. The molecule has 21 heavy (non-hydrogen) atoms. The van der Waals surface area contributed by atoms with Crippen LogP contribution in [0.25, 0.3) is 0 Å². The molecule has 0 aromatic carbocycles. The molecule has 2 bridgehead atoms. The predicted molar refractivity (Wildman–Crippen MR) is 78.2 cm³/mol. The Labute approximate surface area is 124 Å². The van der Waals surface area contributed by atoms with E-state index in [4.69, 9.17) is 4.74 Å². The summed E-state index contributed by atoms with van der Waals surface area (Å²) in [6.45, 7) is 2.41. The summed E-state index contributed by atoms with van der Waals surface area (Å²) in [6.07, 6.45) is 3.87. The fraction of sp³-hybridized carbons (Fsp3) is 0.600. The number of Topliss-reactive ketones (excluding diaryl/α,β-unsaturated/α-hetero) is 1. The van der Waals surface area contributed by atoms with E-state index in [1.807, 2.05) is 6.92 Å². The SMILES string of the molecule is CCOc1ccc(C(=O)C2CC3CCC(C2)S3(=O)=O)cn1. The summed E-state index contributed by atoms with van der Waals surface area (Å²) in [5, 5.41) is -0.637. The first-order valence-electron chi connectivity index (χ1n) is 7.38. The minimum absolute atomic E-state index is 0.0114. The molecule has 6 heteroatoms. The Morgan fingerprint density at radius 1 is 1.29 bits per heavy atom. The van der Waals surface area contributed by atoms with Gasteiger partial charge in [0.25, 0.3) is 0 Å². The maximum absolute atomic E-state index is 12.5. The van der Waals surface area contributed by atoms with Crippen molar-refractivity contribution in [2.45, 2.75) is 43.1 Å². The van der Waals surface area contributed by atoms with Crippen molar-refractivity contribution in [1.29, 1.82) is 0 Å². The van der Waals surface area contributed by atoms with Gasteiger partial charge in [-0.3, -0.25) is 4.79 Å². The molecule has 1 aromatic heterocycles. The minimum Gasteiger partial charge on any atom is -0.478 e. The molecule has 114 valence electrons. The van der Waals surface area contributed by atoms with Crippen LogP contribution in [0.2, 0.25) is 0 Å². The smallest absolute Gasteiger partial charge is 0.213 e. The molecule has 1 aromatic rings. The van der Waals surface area contributed by atoms with Crippen molar-refractivity contribution in [3.63, 3.8) is 0 Å². The fourth-order valence-electron chi connectivity index (χ4n) is 3.42. The Morgan fingerprint density at radius 3 is 2.48 bits per heavy atom. The summed E-state index contributed by atoms with van der Waals surface area (Å²) in [6, 6.07) is 3.40. The Morgan fingerprint density at radius 2 is 1.95 bits per heavy atom. The van der Waals surface area contributed by atoms with E-state index in [0.717, 1.165) is 0 Å². The van der Waals surface area contributed by atoms with Crippen LogP contribution in [0.3, 0.4) is 0 Å². The number of nitrogens with zero attached hydrogens (tertiary/aromatic N) is 1. The zero-order chi connectivity index (χ0) is 15.0. The quantitative estimate of drug-likeness (QED) is 0.796. The number of pyridine rings is 1. The Balaban J connectivity index is 1.75. The Hall–Kier alpha value is -1.43. The standard InChI is InChI=1S/C15H19NO4S/c1-2-20-14-6-3-10(9-16-14)15(17)11-7-12-4-5-13(8-11)21(12,18)19/h3,6,9,11-13H,2,4-5,7-8H2,1H3. The molecule has 0 amide bonds. The molecule has 2 atom stereocenters. The minimum atomic E-state index is -2.98. The van der Waals surface area contributed by atoms with Crippen molar-refractivity contribution in [2.75, 3.05) is 6.61 Å². The molecular weight excluding hydrogens is 290 g/mol. The number of ketones is 1. The zero-order valence-corrected chi connectivity index (χ0v) is 12.8. The van der Waals surface area contributed by atoms with Gasteiger partial charge in [0.2, 0.25) is 5.88 Å². The molecule has 0 saturated carbocycles. The topological polar surface area (TPSA) is 73.3 Å². The van der Waals surface area contributed by atoms with Gasteiger partial charge < -0.3 is 4.74 Å². The molecule has 2 aliphatic heterocycles. The van der Waals surface area contributed by atoms with E-state index in [1.54, 1.807) is 12.1 Å². The number of aromatic nitrogens is 1. The van der Waals surface area contributed by atoms with Crippen LogP contribution >= 0.6 is 0 Å². The first-order chi connectivity index (χ1) is 10.0. The second-order valence-corrected chi connectivity index (χ2v) is 8.27. The second-order valence-electron chi connectivity index (χ2n) is 5.76. The summed E-state index contributed by atoms with van der Waals surface area (Å²) < 4.78 is 29.4. The van der Waals surface area contributed by atoms with Crippen molar-refractivity contribution in [3.8, 4) is 5.88 Å². The number of hydrogen-bond donors (Lipinski definition) is 0. The van der Waals surface area contributed by atoms with Gasteiger partial charge in [-0.25, -0.2) is 13.4 Å². The highest BCUT2D eigenvalue weighted by molar-refractivity contribution is 7.93. The van der Waals surface area contributed by atoms with Gasteiger partial charge in [-0.15, -0.1) is 0 Å². The number of carbonyl (C=O) groups is 1. The summed E-state index contributed by atoms with van der Waals surface area (Å²) in [5.74, 6) is 0.323. The van der Waals surface area contributed by atoms with Crippen LogP contribution in [0.15, 0.2) is 18.3 Å². The lowest BCUT2D eigenvalue weighted by atomic mass is 9.91. The molecule has 0 aliphatic carbocycles. The third kappa shape index (κ3) is 2.57. The predicted octanol–water partition coefficient (Wildman–Crippen LogP) is 2.02. The van der Waals surface area contributed by atoms with Crippen LogP contribution in [0.5, 0.6) is 5.88 Å². The van der Waals surface area contributed by atoms with Crippen molar-refractivity contribution >= 4 is 15.6 Å². The average Bonchev–Trinajstić information content (AvgIpc) is 2.67. The second kappa shape index (κ2) is 5.40. The van der Waals surface area contributed by atoms with Gasteiger partial charge in [-0.05, 0) is 38.7 Å². The molecule has 2 fully saturated rings. The molecule has 2 saturated heterocycles. The van der Waals surface area contributed by atoms with E-state index >= 15 is 0 Å². The molecule has 0 N–H and O–H groups in total. The number of rotatable bonds is 4. The Bertz CT molecular complexity index is 618. The molecule has 0 radical (unpaired) electrons. The van der Waals surface area contributed by atoms with Crippen LogP contribution < -0.4 is 4.74 Å². The van der Waals surface area contributed by atoms with E-state index in [1.165, 1.54) is 6.20 Å². The number of ether oxygens (including phenoxy) is 1. The number of fused-ring (bicyclic) bond motifs is 2. The monoisotopic (exact) mass is 309 g/mol. The van der Waals surface area contributed by atoms with Crippen molar-refractivity contribution < 1.29 is 17.9 Å². The van der Waals surface area contributed by atoms with Crippen LogP contribution in [0.4, 0.5) is 0 Å². The molecule has 0 spiro atoms. The highest BCUT2D eigenvalue weighted by atomic mass is 32.2. The van der Waals surface area contributed by atoms with Crippen LogP contribution in [-0.2, 0) is 9.84 Å². The van der Waals surface area contributed by atoms with E-state index in [9.17, 15) is 13.2 Å². The fourth-order valence-corrected chi connectivity index (χ4v) is 5.89. The van der Waals surface area contributed by atoms with Gasteiger partial charge in [0.1, 0.15) is 0 Å². The number of carbonyl (C=O) groups excluding carboxylic acids is 1. The van der Waals surface area contributed by atoms with E-state index < -0.39 is 9.84 Å². The van der Waals surface area contributed by atoms with Crippen LogP contribution in [-0.4, -0.2) is 36.3 Å². The summed E-state index contributed by atoms with van der Waals surface area (Å²) in [4.78, 5) is 16.6. The molecule has 3 rings (SSSR count). The number of hydrogen-bond acceptors (Lipinski definition) is 5. The van der Waals surface area contributed by atoms with Crippen LogP contribution in [0, 0.1) is 5.92 Å². The van der Waals surface area contributed by atoms with Crippen molar-refractivity contribution in [1.82, 2.24) is 4.98 Å². The highest BCUT2D eigenvalue weighted by Crippen LogP contribution is 2.42. The van der Waals surface area contributed by atoms with E-state index in [2.05, 4.69) is 4.98 Å². The molecule has 3 heterocycles. The lowest BCUT2D eigenvalue weighted by Gasteiger charge is -2.26. The summed E-state index contributed by atoms with van der Waals surface area (Å²) >= 11 is 0. The van der Waals surface area contributed by atoms with Gasteiger partial charge in [-0.1, -0.05) is 0 Å². The molecule has 2 unspecified atom stereocenters. The van der Waals surface area contributed by atoms with Crippen molar-refractivity contribution in [2.24, 2.45) is 5.92 Å². The first-order valence-corrected chi connectivity index (χ1v) is 8.99. The molecule has 2 aliphatic rings. The first kappa shape index (κ1) is 14.5. The molecular formula is C15H19NO4S. The van der Waals surface area contributed by atoms with Gasteiger partial charge in [0.05, 0.1) is 17.1 Å². The summed E-state index contributed by atoms with van der Waals surface area (Å²) in [5.41, 5.74) is 0.544. The summed E-state index contributed by atoms with van der Waals surface area (Å²) in [7, 11) is -2.98. The Kier molecular flexibility index (Phi) is 3.73. The third-order valence-corrected chi connectivity index (χ3v) is 7.23. The van der Waals surface area contributed by atoms with Gasteiger partial charge in [0, 0.05) is 23.7 Å².